The SMILES string of the molecule is C=CCNC(=O)NC(=O)CSc1nnc(-c2cccc(C)c2)n1CC=C. The molecule has 7 nitrogen and oxygen atoms in total. The van der Waals surface area contributed by atoms with Crippen LogP contribution in [0.4, 0.5) is 4.79 Å². The average Bonchev–Trinajstić information content (AvgIpc) is 3.01. The number of aryl methyl sites for hydroxylation is 1. The summed E-state index contributed by atoms with van der Waals surface area (Å²) in [5.41, 5.74) is 2.06. The number of hydrogen-bond acceptors (Lipinski definition) is 5. The van der Waals surface area contributed by atoms with Gasteiger partial charge in [-0.2, -0.15) is 0 Å². The third kappa shape index (κ3) is 5.32. The van der Waals surface area contributed by atoms with Gasteiger partial charge in [0.1, 0.15) is 0 Å². The van der Waals surface area contributed by atoms with Crippen LogP contribution >= 0.6 is 11.8 Å². The van der Waals surface area contributed by atoms with Gasteiger partial charge >= 0.3 is 6.03 Å². The summed E-state index contributed by atoms with van der Waals surface area (Å²) in [5, 5.41) is 13.7. The van der Waals surface area contributed by atoms with Crippen LogP contribution in [-0.4, -0.2) is 39.0 Å². The van der Waals surface area contributed by atoms with Crippen molar-refractivity contribution < 1.29 is 9.59 Å². The third-order valence-electron chi connectivity index (χ3n) is 3.30. The van der Waals surface area contributed by atoms with E-state index < -0.39 is 11.9 Å². The first-order chi connectivity index (χ1) is 12.5. The lowest BCUT2D eigenvalue weighted by atomic mass is 10.1. The first kappa shape index (κ1) is 19.5. The van der Waals surface area contributed by atoms with E-state index in [1.165, 1.54) is 17.8 Å². The van der Waals surface area contributed by atoms with Crippen molar-refractivity contribution in [2.24, 2.45) is 0 Å². The molecule has 0 aliphatic heterocycles. The normalized spacial score (nSPS) is 10.2. The van der Waals surface area contributed by atoms with Crippen molar-refractivity contribution in [1.82, 2.24) is 25.4 Å². The minimum atomic E-state index is -0.552. The molecule has 0 saturated heterocycles. The van der Waals surface area contributed by atoms with Crippen molar-refractivity contribution >= 4 is 23.7 Å². The van der Waals surface area contributed by atoms with Gasteiger partial charge in [0.15, 0.2) is 11.0 Å². The van der Waals surface area contributed by atoms with Gasteiger partial charge in [-0.15, -0.1) is 23.4 Å². The molecule has 0 saturated carbocycles. The van der Waals surface area contributed by atoms with Crippen LogP contribution in [0.2, 0.25) is 0 Å². The van der Waals surface area contributed by atoms with Crippen LogP contribution in [0.5, 0.6) is 0 Å². The second-order valence-corrected chi connectivity index (χ2v) is 6.35. The molecule has 3 amide bonds. The van der Waals surface area contributed by atoms with E-state index in [1.54, 1.807) is 6.08 Å². The number of nitrogens with one attached hydrogen (secondary N) is 2. The molecule has 0 bridgehead atoms. The summed E-state index contributed by atoms with van der Waals surface area (Å²) in [6.45, 7) is 10.1. The Kier molecular flexibility index (Phi) is 7.16. The van der Waals surface area contributed by atoms with Gasteiger partial charge in [0.05, 0.1) is 5.75 Å². The van der Waals surface area contributed by atoms with Gasteiger partial charge in [0.25, 0.3) is 0 Å². The second kappa shape index (κ2) is 9.57. The molecule has 1 aromatic carbocycles. The summed E-state index contributed by atoms with van der Waals surface area (Å²) < 4.78 is 1.89. The van der Waals surface area contributed by atoms with Crippen LogP contribution in [0.1, 0.15) is 5.56 Å². The zero-order valence-electron chi connectivity index (χ0n) is 14.6. The van der Waals surface area contributed by atoms with Crippen molar-refractivity contribution in [2.45, 2.75) is 18.6 Å². The first-order valence-electron chi connectivity index (χ1n) is 7.97. The highest BCUT2D eigenvalue weighted by molar-refractivity contribution is 7.99. The van der Waals surface area contributed by atoms with Crippen LogP contribution in [0, 0.1) is 6.92 Å². The Labute approximate surface area is 156 Å². The number of rotatable bonds is 8. The fourth-order valence-corrected chi connectivity index (χ4v) is 2.94. The lowest BCUT2D eigenvalue weighted by Gasteiger charge is -2.08. The molecular formula is C18H21N5O2S. The molecule has 2 N–H and O–H groups in total. The molecule has 0 radical (unpaired) electrons. The number of allylic oxidation sites excluding steroid dienone is 1. The number of carbonyl (C=O) groups is 2. The van der Waals surface area contributed by atoms with Gasteiger partial charge in [-0.1, -0.05) is 47.7 Å². The minimum Gasteiger partial charge on any atom is -0.334 e. The summed E-state index contributed by atoms with van der Waals surface area (Å²) in [5.74, 6) is 0.340. The Bertz CT molecular complexity index is 816. The molecule has 0 fully saturated rings. The second-order valence-electron chi connectivity index (χ2n) is 5.41. The molecule has 1 aromatic heterocycles. The van der Waals surface area contributed by atoms with E-state index in [0.717, 1.165) is 11.1 Å². The summed E-state index contributed by atoms with van der Waals surface area (Å²) in [7, 11) is 0. The molecule has 0 spiro atoms. The Hall–Kier alpha value is -2.87. The molecule has 1 heterocycles. The van der Waals surface area contributed by atoms with E-state index in [4.69, 9.17) is 0 Å². The van der Waals surface area contributed by atoms with Gasteiger partial charge < -0.3 is 5.32 Å². The number of thioether (sulfide) groups is 1. The largest absolute Gasteiger partial charge is 0.334 e. The smallest absolute Gasteiger partial charge is 0.321 e. The van der Waals surface area contributed by atoms with Gasteiger partial charge in [0.2, 0.25) is 5.91 Å². The Balaban J connectivity index is 2.08. The number of aromatic nitrogens is 3. The number of nitrogens with zero attached hydrogens (tertiary/aromatic N) is 3. The van der Waals surface area contributed by atoms with E-state index in [2.05, 4.69) is 34.0 Å². The Morgan fingerprint density at radius 2 is 2.08 bits per heavy atom. The monoisotopic (exact) mass is 371 g/mol. The minimum absolute atomic E-state index is 0.0462. The zero-order chi connectivity index (χ0) is 18.9. The standard InChI is InChI=1S/C18H21N5O2S/c1-4-9-19-17(25)20-15(24)12-26-18-22-21-16(23(18)10-5-2)14-8-6-7-13(3)11-14/h4-8,11H,1-2,9-10,12H2,3H3,(H2,19,20,24,25). The Morgan fingerprint density at radius 1 is 1.27 bits per heavy atom. The molecule has 136 valence electrons. The van der Waals surface area contributed by atoms with Crippen LogP contribution in [-0.2, 0) is 11.3 Å². The maximum atomic E-state index is 11.9. The number of urea groups is 1. The predicted octanol–water partition coefficient (Wildman–Crippen LogP) is 2.54. The van der Waals surface area contributed by atoms with Crippen molar-refractivity contribution in [3.05, 3.63) is 55.1 Å². The first-order valence-corrected chi connectivity index (χ1v) is 8.96. The molecule has 0 atom stereocenters. The van der Waals surface area contributed by atoms with Gasteiger partial charge in [0, 0.05) is 18.7 Å². The van der Waals surface area contributed by atoms with Crippen molar-refractivity contribution in [1.29, 1.82) is 0 Å². The van der Waals surface area contributed by atoms with E-state index in [-0.39, 0.29) is 5.75 Å². The van der Waals surface area contributed by atoms with Crippen molar-refractivity contribution in [3.8, 4) is 11.4 Å². The third-order valence-corrected chi connectivity index (χ3v) is 4.26. The lowest BCUT2D eigenvalue weighted by molar-refractivity contribution is -0.117. The number of benzene rings is 1. The van der Waals surface area contributed by atoms with Crippen LogP contribution in [0.3, 0.4) is 0 Å². The van der Waals surface area contributed by atoms with E-state index in [9.17, 15) is 9.59 Å². The molecule has 0 aliphatic carbocycles. The molecule has 2 aromatic rings. The van der Waals surface area contributed by atoms with E-state index in [1.807, 2.05) is 35.8 Å². The summed E-state index contributed by atoms with van der Waals surface area (Å²) in [6.07, 6.45) is 3.28. The number of carbonyl (C=O) groups excluding carboxylic acids is 2. The quantitative estimate of drug-likeness (QED) is 0.550. The number of hydrogen-bond donors (Lipinski definition) is 2. The fraction of sp³-hybridized carbons (Fsp3) is 0.222. The predicted molar refractivity (Wildman–Crippen MR) is 103 cm³/mol. The molecule has 8 heteroatoms. The summed E-state index contributed by atoms with van der Waals surface area (Å²) in [4.78, 5) is 23.4. The highest BCUT2D eigenvalue weighted by atomic mass is 32.2. The maximum Gasteiger partial charge on any atom is 0.321 e. The topological polar surface area (TPSA) is 88.9 Å². The molecule has 26 heavy (non-hydrogen) atoms. The van der Waals surface area contributed by atoms with Crippen molar-refractivity contribution in [2.75, 3.05) is 12.3 Å². The summed E-state index contributed by atoms with van der Waals surface area (Å²) in [6, 6.07) is 7.40. The summed E-state index contributed by atoms with van der Waals surface area (Å²) >= 11 is 1.21. The molecule has 2 rings (SSSR count). The van der Waals surface area contributed by atoms with Crippen LogP contribution < -0.4 is 10.6 Å². The number of imide groups is 1. The van der Waals surface area contributed by atoms with E-state index in [0.29, 0.717) is 24.1 Å². The average molecular weight is 371 g/mol. The van der Waals surface area contributed by atoms with Gasteiger partial charge in [-0.3, -0.25) is 14.7 Å². The number of amides is 3. The lowest BCUT2D eigenvalue weighted by Crippen LogP contribution is -2.40. The van der Waals surface area contributed by atoms with Crippen LogP contribution in [0.25, 0.3) is 11.4 Å². The Morgan fingerprint density at radius 3 is 2.77 bits per heavy atom. The molecular weight excluding hydrogens is 350 g/mol. The van der Waals surface area contributed by atoms with Crippen molar-refractivity contribution in [3.63, 3.8) is 0 Å². The fourth-order valence-electron chi connectivity index (χ4n) is 2.19. The highest BCUT2D eigenvalue weighted by Gasteiger charge is 2.15. The zero-order valence-corrected chi connectivity index (χ0v) is 15.4. The molecule has 0 aliphatic rings. The molecule has 0 unspecified atom stereocenters. The highest BCUT2D eigenvalue weighted by Crippen LogP contribution is 2.24. The van der Waals surface area contributed by atoms with Crippen LogP contribution in [0.15, 0.2) is 54.7 Å². The van der Waals surface area contributed by atoms with E-state index >= 15 is 0 Å². The maximum absolute atomic E-state index is 11.9. The van der Waals surface area contributed by atoms with Gasteiger partial charge in [-0.25, -0.2) is 4.79 Å². The van der Waals surface area contributed by atoms with Gasteiger partial charge in [-0.05, 0) is 13.0 Å².